The van der Waals surface area contributed by atoms with Crippen molar-refractivity contribution in [3.8, 4) is 0 Å². The minimum atomic E-state index is -0.350. The van der Waals surface area contributed by atoms with Crippen LogP contribution in [0.15, 0.2) is 48.5 Å². The second-order valence-electron chi connectivity index (χ2n) is 6.41. The van der Waals surface area contributed by atoms with E-state index in [4.69, 9.17) is 9.47 Å². The molecule has 0 aliphatic carbocycles. The molecule has 0 spiro atoms. The number of amides is 1. The van der Waals surface area contributed by atoms with E-state index in [0.29, 0.717) is 30.8 Å². The van der Waals surface area contributed by atoms with E-state index in [0.717, 1.165) is 11.1 Å². The normalized spacial score (nSPS) is 17.2. The molecule has 0 aromatic heterocycles. The van der Waals surface area contributed by atoms with Gasteiger partial charge in [-0.25, -0.2) is 4.79 Å². The van der Waals surface area contributed by atoms with Gasteiger partial charge in [0.2, 0.25) is 0 Å². The largest absolute Gasteiger partial charge is 0.454 e. The first-order chi connectivity index (χ1) is 12.6. The smallest absolute Gasteiger partial charge is 0.339 e. The lowest BCUT2D eigenvalue weighted by Crippen LogP contribution is -2.36. The predicted octanol–water partition coefficient (Wildman–Crippen LogP) is 3.30. The van der Waals surface area contributed by atoms with E-state index in [-0.39, 0.29) is 24.0 Å². The molecule has 2 aromatic rings. The summed E-state index contributed by atoms with van der Waals surface area (Å²) in [5.41, 5.74) is 2.84. The van der Waals surface area contributed by atoms with Crippen LogP contribution in [0.25, 0.3) is 0 Å². The molecule has 0 radical (unpaired) electrons. The Morgan fingerprint density at radius 2 is 2.04 bits per heavy atom. The van der Waals surface area contributed by atoms with Crippen LogP contribution in [-0.2, 0) is 15.9 Å². The number of hydrogen-bond acceptors (Lipinski definition) is 4. The van der Waals surface area contributed by atoms with Crippen LogP contribution in [0.3, 0.4) is 0 Å². The van der Waals surface area contributed by atoms with Gasteiger partial charge in [0, 0.05) is 24.6 Å². The summed E-state index contributed by atoms with van der Waals surface area (Å²) >= 11 is 0. The molecule has 1 unspecified atom stereocenters. The summed E-state index contributed by atoms with van der Waals surface area (Å²) in [7, 11) is 0. The second kappa shape index (κ2) is 8.15. The Labute approximate surface area is 153 Å². The third kappa shape index (κ3) is 4.11. The summed E-state index contributed by atoms with van der Waals surface area (Å²) in [6, 6.07) is 14.7. The van der Waals surface area contributed by atoms with Gasteiger partial charge in [0.25, 0.3) is 5.91 Å². The van der Waals surface area contributed by atoms with Gasteiger partial charge in [0.05, 0.1) is 12.2 Å². The number of carbonyl (C=O) groups is 2. The zero-order valence-electron chi connectivity index (χ0n) is 15.0. The maximum atomic E-state index is 12.5. The molecular weight excluding hydrogens is 330 g/mol. The molecule has 0 fully saturated rings. The standard InChI is InChI=1S/C21H23NO4/c1-3-25-13-14(2)22-20(23)16-9-10-18-17(11-16)12-19(26-21(18)24)15-7-5-4-6-8-15/h4-11,14,19H,3,12-13H2,1-2H3,(H,22,23)/t14-,19?/m0/s1. The summed E-state index contributed by atoms with van der Waals surface area (Å²) in [4.78, 5) is 24.8. The lowest BCUT2D eigenvalue weighted by Gasteiger charge is -2.25. The summed E-state index contributed by atoms with van der Waals surface area (Å²) in [5, 5.41) is 2.91. The molecule has 2 aromatic carbocycles. The fourth-order valence-electron chi connectivity index (χ4n) is 3.03. The SMILES string of the molecule is CCOC[C@H](C)NC(=O)c1ccc2c(c1)CC(c1ccccc1)OC2=O. The van der Waals surface area contributed by atoms with Crippen molar-refractivity contribution in [2.24, 2.45) is 0 Å². The van der Waals surface area contributed by atoms with Crippen molar-refractivity contribution >= 4 is 11.9 Å². The average Bonchev–Trinajstić information content (AvgIpc) is 2.66. The van der Waals surface area contributed by atoms with Gasteiger partial charge in [-0.2, -0.15) is 0 Å². The summed E-state index contributed by atoms with van der Waals surface area (Å²) in [6.45, 7) is 4.90. The first kappa shape index (κ1) is 18.1. The van der Waals surface area contributed by atoms with Crippen molar-refractivity contribution in [1.29, 1.82) is 0 Å². The molecule has 1 aliphatic heterocycles. The van der Waals surface area contributed by atoms with Gasteiger partial charge in [-0.1, -0.05) is 30.3 Å². The molecule has 0 saturated heterocycles. The average molecular weight is 353 g/mol. The Balaban J connectivity index is 1.77. The van der Waals surface area contributed by atoms with Crippen LogP contribution < -0.4 is 5.32 Å². The molecule has 5 heteroatoms. The summed E-state index contributed by atoms with van der Waals surface area (Å²) in [5.74, 6) is -0.521. The first-order valence-corrected chi connectivity index (χ1v) is 8.86. The number of ether oxygens (including phenoxy) is 2. The molecule has 26 heavy (non-hydrogen) atoms. The molecule has 0 saturated carbocycles. The molecule has 2 atom stereocenters. The number of cyclic esters (lactones) is 1. The molecular formula is C21H23NO4. The molecule has 1 amide bonds. The van der Waals surface area contributed by atoms with Gasteiger partial charge in [-0.05, 0) is 43.2 Å². The highest BCUT2D eigenvalue weighted by molar-refractivity contribution is 5.97. The number of hydrogen-bond donors (Lipinski definition) is 1. The van der Waals surface area contributed by atoms with Crippen LogP contribution in [0.4, 0.5) is 0 Å². The topological polar surface area (TPSA) is 64.6 Å². The van der Waals surface area contributed by atoms with Crippen molar-refractivity contribution < 1.29 is 19.1 Å². The molecule has 136 valence electrons. The van der Waals surface area contributed by atoms with Crippen molar-refractivity contribution in [2.45, 2.75) is 32.4 Å². The summed E-state index contributed by atoms with van der Waals surface area (Å²) < 4.78 is 10.9. The first-order valence-electron chi connectivity index (χ1n) is 8.86. The Bertz CT molecular complexity index is 788. The van der Waals surface area contributed by atoms with E-state index in [2.05, 4.69) is 5.32 Å². The molecule has 5 nitrogen and oxygen atoms in total. The monoisotopic (exact) mass is 353 g/mol. The van der Waals surface area contributed by atoms with Gasteiger partial charge < -0.3 is 14.8 Å². The molecule has 1 heterocycles. The number of nitrogens with one attached hydrogen (secondary N) is 1. The lowest BCUT2D eigenvalue weighted by molar-refractivity contribution is 0.0252. The number of esters is 1. The van der Waals surface area contributed by atoms with Gasteiger partial charge >= 0.3 is 5.97 Å². The molecule has 1 N–H and O–H groups in total. The van der Waals surface area contributed by atoms with Crippen LogP contribution in [-0.4, -0.2) is 31.1 Å². The fraction of sp³-hybridized carbons (Fsp3) is 0.333. The number of fused-ring (bicyclic) bond motifs is 1. The number of benzene rings is 2. The van der Waals surface area contributed by atoms with Crippen LogP contribution in [0, 0.1) is 0 Å². The summed E-state index contributed by atoms with van der Waals surface area (Å²) in [6.07, 6.45) is 0.229. The van der Waals surface area contributed by atoms with Crippen molar-refractivity contribution in [3.63, 3.8) is 0 Å². The van der Waals surface area contributed by atoms with E-state index >= 15 is 0 Å². The highest BCUT2D eigenvalue weighted by atomic mass is 16.5. The minimum Gasteiger partial charge on any atom is -0.454 e. The van der Waals surface area contributed by atoms with Crippen LogP contribution >= 0.6 is 0 Å². The lowest BCUT2D eigenvalue weighted by atomic mass is 9.93. The molecule has 3 rings (SSSR count). The van der Waals surface area contributed by atoms with Crippen molar-refractivity contribution in [2.75, 3.05) is 13.2 Å². The van der Waals surface area contributed by atoms with E-state index in [1.807, 2.05) is 44.2 Å². The van der Waals surface area contributed by atoms with Gasteiger partial charge in [0.1, 0.15) is 6.10 Å². The number of rotatable bonds is 6. The zero-order valence-corrected chi connectivity index (χ0v) is 15.0. The predicted molar refractivity (Wildman–Crippen MR) is 98.2 cm³/mol. The Kier molecular flexibility index (Phi) is 5.68. The van der Waals surface area contributed by atoms with Crippen molar-refractivity contribution in [1.82, 2.24) is 5.32 Å². The minimum absolute atomic E-state index is 0.0829. The van der Waals surface area contributed by atoms with E-state index in [9.17, 15) is 9.59 Å². The maximum absolute atomic E-state index is 12.5. The second-order valence-corrected chi connectivity index (χ2v) is 6.41. The maximum Gasteiger partial charge on any atom is 0.339 e. The van der Waals surface area contributed by atoms with Gasteiger partial charge in [0.15, 0.2) is 0 Å². The van der Waals surface area contributed by atoms with E-state index < -0.39 is 0 Å². The highest BCUT2D eigenvalue weighted by Crippen LogP contribution is 2.31. The number of carbonyl (C=O) groups excluding carboxylic acids is 2. The van der Waals surface area contributed by atoms with E-state index in [1.54, 1.807) is 18.2 Å². The quantitative estimate of drug-likeness (QED) is 0.810. The highest BCUT2D eigenvalue weighted by Gasteiger charge is 2.28. The van der Waals surface area contributed by atoms with Gasteiger partial charge in [-0.3, -0.25) is 4.79 Å². The van der Waals surface area contributed by atoms with Crippen molar-refractivity contribution in [3.05, 3.63) is 70.8 Å². The Morgan fingerprint density at radius 3 is 2.77 bits per heavy atom. The van der Waals surface area contributed by atoms with Crippen LogP contribution in [0.1, 0.15) is 51.8 Å². The fourth-order valence-corrected chi connectivity index (χ4v) is 3.03. The van der Waals surface area contributed by atoms with Gasteiger partial charge in [-0.15, -0.1) is 0 Å². The Hall–Kier alpha value is -2.66. The third-order valence-corrected chi connectivity index (χ3v) is 4.36. The zero-order chi connectivity index (χ0) is 18.5. The molecule has 0 bridgehead atoms. The molecule has 1 aliphatic rings. The Morgan fingerprint density at radius 1 is 1.27 bits per heavy atom. The van der Waals surface area contributed by atoms with Crippen LogP contribution in [0.2, 0.25) is 0 Å². The third-order valence-electron chi connectivity index (χ3n) is 4.36. The van der Waals surface area contributed by atoms with Crippen LogP contribution in [0.5, 0.6) is 0 Å². The van der Waals surface area contributed by atoms with E-state index in [1.165, 1.54) is 0 Å².